The quantitative estimate of drug-likeness (QED) is 0.171. The largest absolute Gasteiger partial charge is 0.493 e. The fourth-order valence-corrected chi connectivity index (χ4v) is 5.02. The minimum atomic E-state index is -0.289. The second-order valence-electron chi connectivity index (χ2n) is 8.06. The lowest BCUT2D eigenvalue weighted by Gasteiger charge is -2.17. The number of aryl methyl sites for hydroxylation is 2. The molecule has 1 aromatic heterocycles. The molecule has 0 aliphatic heterocycles. The number of esters is 1. The first-order valence-corrected chi connectivity index (χ1v) is 12.8. The molecule has 3 aromatic carbocycles. The van der Waals surface area contributed by atoms with E-state index in [9.17, 15) is 4.79 Å². The monoisotopic (exact) mass is 544 g/mol. The number of carbonyl (C=O) groups excluding carboxylic acids is 1. The molecule has 0 radical (unpaired) electrons. The zero-order valence-electron chi connectivity index (χ0n) is 20.4. The molecule has 0 spiro atoms. The van der Waals surface area contributed by atoms with E-state index in [2.05, 4.69) is 22.3 Å². The van der Waals surface area contributed by atoms with Crippen LogP contribution in [0.25, 0.3) is 10.9 Å². The molecule has 0 saturated heterocycles. The van der Waals surface area contributed by atoms with E-state index < -0.39 is 0 Å². The molecule has 0 unspecified atom stereocenters. The molecule has 6 nitrogen and oxygen atoms in total. The third-order valence-corrected chi connectivity index (χ3v) is 7.23. The van der Waals surface area contributed by atoms with Crippen LogP contribution < -0.4 is 14.2 Å². The van der Waals surface area contributed by atoms with Crippen LogP contribution in [0.4, 0.5) is 5.69 Å². The van der Waals surface area contributed by atoms with Gasteiger partial charge in [-0.05, 0) is 79.9 Å². The van der Waals surface area contributed by atoms with Crippen molar-refractivity contribution >= 4 is 57.7 Å². The Morgan fingerprint density at radius 2 is 1.81 bits per heavy atom. The highest BCUT2D eigenvalue weighted by Gasteiger charge is 2.17. The summed E-state index contributed by atoms with van der Waals surface area (Å²) in [6.45, 7) is 4.18. The molecule has 1 heterocycles. The fraction of sp³-hybridized carbons (Fsp3) is 0.222. The molecule has 36 heavy (non-hydrogen) atoms. The molecule has 0 amide bonds. The standard InChI is InChI=1S/C27H26Cl2N2O4S/c1-5-34-26(32)14-17-6-9-22(24(13-17)33-4)35-23-10-8-21-19(12-16(2)31(21)3)27(23)30-36-25-11-7-18(28)15-20(25)29/h6-13,15,30H,5,14H2,1-4H3. The lowest BCUT2D eigenvalue weighted by atomic mass is 10.1. The van der Waals surface area contributed by atoms with Crippen LogP contribution in [0.3, 0.4) is 0 Å². The van der Waals surface area contributed by atoms with Crippen molar-refractivity contribution in [1.29, 1.82) is 0 Å². The number of carbonyl (C=O) groups is 1. The first-order chi connectivity index (χ1) is 17.3. The summed E-state index contributed by atoms with van der Waals surface area (Å²) in [5, 5.41) is 2.13. The Bertz CT molecular complexity index is 1420. The van der Waals surface area contributed by atoms with Gasteiger partial charge in [-0.25, -0.2) is 0 Å². The fourth-order valence-electron chi connectivity index (χ4n) is 3.78. The second kappa shape index (κ2) is 11.4. The molecule has 0 saturated carbocycles. The summed E-state index contributed by atoms with van der Waals surface area (Å²) in [6.07, 6.45) is 0.158. The molecule has 4 rings (SSSR count). The number of aromatic nitrogens is 1. The van der Waals surface area contributed by atoms with Crippen molar-refractivity contribution in [3.8, 4) is 17.2 Å². The summed E-state index contributed by atoms with van der Waals surface area (Å²) in [5.74, 6) is 1.36. The van der Waals surface area contributed by atoms with Gasteiger partial charge in [0.15, 0.2) is 17.2 Å². The highest BCUT2D eigenvalue weighted by atomic mass is 35.5. The topological polar surface area (TPSA) is 61.7 Å². The predicted molar refractivity (Wildman–Crippen MR) is 147 cm³/mol. The van der Waals surface area contributed by atoms with E-state index in [1.807, 2.05) is 31.3 Å². The molecule has 9 heteroatoms. The first kappa shape index (κ1) is 26.1. The summed E-state index contributed by atoms with van der Waals surface area (Å²) in [4.78, 5) is 12.7. The number of halogens is 2. The van der Waals surface area contributed by atoms with Crippen LogP contribution in [0.15, 0.2) is 59.5 Å². The summed E-state index contributed by atoms with van der Waals surface area (Å²) < 4.78 is 22.5. The van der Waals surface area contributed by atoms with Crippen molar-refractivity contribution < 1.29 is 19.0 Å². The SMILES string of the molecule is CCOC(=O)Cc1ccc(Oc2ccc3c(cc(C)n3C)c2NSc2ccc(Cl)cc2Cl)c(OC)c1. The lowest BCUT2D eigenvalue weighted by Crippen LogP contribution is -2.07. The minimum absolute atomic E-state index is 0.158. The number of nitrogens with zero attached hydrogens (tertiary/aromatic N) is 1. The van der Waals surface area contributed by atoms with Gasteiger partial charge in [-0.15, -0.1) is 0 Å². The van der Waals surface area contributed by atoms with E-state index in [1.54, 1.807) is 38.3 Å². The molecule has 0 aliphatic carbocycles. The lowest BCUT2D eigenvalue weighted by molar-refractivity contribution is -0.142. The molecule has 1 N–H and O–H groups in total. The van der Waals surface area contributed by atoms with Crippen LogP contribution in [-0.4, -0.2) is 24.3 Å². The van der Waals surface area contributed by atoms with Crippen LogP contribution in [0.1, 0.15) is 18.2 Å². The molecular formula is C27H26Cl2N2O4S. The number of methoxy groups -OCH3 is 1. The average molecular weight is 545 g/mol. The van der Waals surface area contributed by atoms with Crippen molar-refractivity contribution in [2.24, 2.45) is 7.05 Å². The molecule has 4 aromatic rings. The van der Waals surface area contributed by atoms with Crippen LogP contribution in [0.2, 0.25) is 10.0 Å². The highest BCUT2D eigenvalue weighted by molar-refractivity contribution is 8.00. The Balaban J connectivity index is 1.69. The third kappa shape index (κ3) is 5.69. The van der Waals surface area contributed by atoms with Gasteiger partial charge < -0.3 is 23.5 Å². The highest BCUT2D eigenvalue weighted by Crippen LogP contribution is 2.42. The van der Waals surface area contributed by atoms with Crippen LogP contribution in [-0.2, 0) is 23.0 Å². The molecule has 0 atom stereocenters. The van der Waals surface area contributed by atoms with Gasteiger partial charge in [0, 0.05) is 28.0 Å². The van der Waals surface area contributed by atoms with E-state index in [0.29, 0.717) is 33.9 Å². The maximum Gasteiger partial charge on any atom is 0.310 e. The Morgan fingerprint density at radius 1 is 1.03 bits per heavy atom. The van der Waals surface area contributed by atoms with Gasteiger partial charge in [0.1, 0.15) is 0 Å². The zero-order chi connectivity index (χ0) is 25.8. The van der Waals surface area contributed by atoms with E-state index in [-0.39, 0.29) is 12.4 Å². The van der Waals surface area contributed by atoms with E-state index in [1.165, 1.54) is 11.9 Å². The van der Waals surface area contributed by atoms with Crippen LogP contribution in [0, 0.1) is 6.92 Å². The summed E-state index contributed by atoms with van der Waals surface area (Å²) in [6, 6.07) is 16.8. The molecule has 0 bridgehead atoms. The van der Waals surface area contributed by atoms with Crippen molar-refractivity contribution in [3.05, 3.63) is 75.9 Å². The maximum absolute atomic E-state index is 11.9. The Hall–Kier alpha value is -3.00. The molecular weight excluding hydrogens is 519 g/mol. The second-order valence-corrected chi connectivity index (χ2v) is 9.76. The Kier molecular flexibility index (Phi) is 8.24. The molecule has 188 valence electrons. The first-order valence-electron chi connectivity index (χ1n) is 11.3. The van der Waals surface area contributed by atoms with Gasteiger partial charge in [-0.3, -0.25) is 4.79 Å². The summed E-state index contributed by atoms with van der Waals surface area (Å²) in [7, 11) is 3.59. The van der Waals surface area contributed by atoms with Gasteiger partial charge in [0.25, 0.3) is 0 Å². The Labute approximate surface area is 224 Å². The number of fused-ring (bicyclic) bond motifs is 1. The number of benzene rings is 3. The number of ether oxygens (including phenoxy) is 3. The number of anilines is 1. The van der Waals surface area contributed by atoms with Crippen molar-refractivity contribution in [1.82, 2.24) is 4.57 Å². The molecule has 0 aliphatic rings. The van der Waals surface area contributed by atoms with Crippen LogP contribution in [0.5, 0.6) is 17.2 Å². The van der Waals surface area contributed by atoms with Crippen molar-refractivity contribution in [2.75, 3.05) is 18.4 Å². The van der Waals surface area contributed by atoms with Gasteiger partial charge >= 0.3 is 5.97 Å². The number of rotatable bonds is 9. The number of nitrogens with one attached hydrogen (secondary N) is 1. The zero-order valence-corrected chi connectivity index (χ0v) is 22.7. The number of hydrogen-bond acceptors (Lipinski definition) is 6. The van der Waals surface area contributed by atoms with E-state index in [4.69, 9.17) is 37.4 Å². The summed E-state index contributed by atoms with van der Waals surface area (Å²) in [5.41, 5.74) is 3.74. The predicted octanol–water partition coefficient (Wildman–Crippen LogP) is 7.82. The Morgan fingerprint density at radius 3 is 2.53 bits per heavy atom. The minimum Gasteiger partial charge on any atom is -0.493 e. The van der Waals surface area contributed by atoms with E-state index in [0.717, 1.165) is 32.7 Å². The van der Waals surface area contributed by atoms with Crippen molar-refractivity contribution in [3.63, 3.8) is 0 Å². The van der Waals surface area contributed by atoms with Crippen molar-refractivity contribution in [2.45, 2.75) is 25.2 Å². The van der Waals surface area contributed by atoms with Gasteiger partial charge in [-0.1, -0.05) is 29.3 Å². The van der Waals surface area contributed by atoms with Crippen LogP contribution >= 0.6 is 35.1 Å². The normalized spacial score (nSPS) is 10.9. The van der Waals surface area contributed by atoms with E-state index >= 15 is 0 Å². The summed E-state index contributed by atoms with van der Waals surface area (Å²) >= 11 is 13.8. The smallest absolute Gasteiger partial charge is 0.310 e. The maximum atomic E-state index is 11.9. The van der Waals surface area contributed by atoms with Gasteiger partial charge in [0.2, 0.25) is 0 Å². The van der Waals surface area contributed by atoms with Gasteiger partial charge in [0.05, 0.1) is 36.4 Å². The van der Waals surface area contributed by atoms with Gasteiger partial charge in [-0.2, -0.15) is 0 Å². The average Bonchev–Trinajstić information content (AvgIpc) is 3.13. The third-order valence-electron chi connectivity index (χ3n) is 5.69. The molecule has 0 fully saturated rings. The number of hydrogen-bond donors (Lipinski definition) is 1.